The van der Waals surface area contributed by atoms with Crippen LogP contribution in [0, 0.1) is 5.82 Å². The van der Waals surface area contributed by atoms with Crippen molar-refractivity contribution in [3.63, 3.8) is 0 Å². The van der Waals surface area contributed by atoms with Crippen LogP contribution in [0.5, 0.6) is 5.75 Å². The van der Waals surface area contributed by atoms with Gasteiger partial charge >= 0.3 is 5.97 Å². The van der Waals surface area contributed by atoms with Gasteiger partial charge in [-0.25, -0.2) is 9.18 Å². The number of carbonyl (C=O) groups excluding carboxylic acids is 1. The Labute approximate surface area is 127 Å². The number of para-hydroxylation sites is 1. The van der Waals surface area contributed by atoms with E-state index in [9.17, 15) is 9.18 Å². The smallest absolute Gasteiger partial charge is 0.343 e. The summed E-state index contributed by atoms with van der Waals surface area (Å²) < 4.78 is 18.6. The Morgan fingerprint density at radius 3 is 2.32 bits per heavy atom. The number of hydrogen-bond acceptors (Lipinski definition) is 2. The third kappa shape index (κ3) is 3.04. The lowest BCUT2D eigenvalue weighted by atomic mass is 10.0. The molecule has 3 aromatic rings. The first-order valence-corrected chi connectivity index (χ1v) is 6.86. The molecule has 0 saturated carbocycles. The second-order valence-electron chi connectivity index (χ2n) is 4.76. The molecular formula is C19H13FO2. The maximum absolute atomic E-state index is 13.2. The topological polar surface area (TPSA) is 26.3 Å². The van der Waals surface area contributed by atoms with E-state index in [0.29, 0.717) is 5.75 Å². The third-order valence-corrected chi connectivity index (χ3v) is 3.23. The summed E-state index contributed by atoms with van der Waals surface area (Å²) in [6.45, 7) is 0. The summed E-state index contributed by atoms with van der Waals surface area (Å²) >= 11 is 0. The van der Waals surface area contributed by atoms with Crippen molar-refractivity contribution in [3.8, 4) is 16.9 Å². The molecule has 0 amide bonds. The number of halogens is 1. The highest BCUT2D eigenvalue weighted by atomic mass is 19.1. The van der Waals surface area contributed by atoms with Gasteiger partial charge in [0.2, 0.25) is 0 Å². The molecule has 0 spiro atoms. The average molecular weight is 292 g/mol. The molecular weight excluding hydrogens is 279 g/mol. The summed E-state index contributed by atoms with van der Waals surface area (Å²) in [4.78, 5) is 12.2. The van der Waals surface area contributed by atoms with Gasteiger partial charge in [0.1, 0.15) is 11.6 Å². The van der Waals surface area contributed by atoms with Crippen LogP contribution in [0.2, 0.25) is 0 Å². The highest BCUT2D eigenvalue weighted by Crippen LogP contribution is 2.30. The van der Waals surface area contributed by atoms with E-state index in [2.05, 4.69) is 0 Å². The van der Waals surface area contributed by atoms with Gasteiger partial charge in [-0.05, 0) is 29.8 Å². The van der Waals surface area contributed by atoms with E-state index in [1.165, 1.54) is 18.2 Å². The molecule has 2 nitrogen and oxygen atoms in total. The lowest BCUT2D eigenvalue weighted by molar-refractivity contribution is 0.0735. The van der Waals surface area contributed by atoms with Crippen LogP contribution in [-0.2, 0) is 0 Å². The van der Waals surface area contributed by atoms with Gasteiger partial charge in [0.15, 0.2) is 0 Å². The van der Waals surface area contributed by atoms with Crippen molar-refractivity contribution < 1.29 is 13.9 Å². The van der Waals surface area contributed by atoms with Gasteiger partial charge in [-0.1, -0.05) is 54.6 Å². The Morgan fingerprint density at radius 2 is 1.55 bits per heavy atom. The molecule has 3 aromatic carbocycles. The van der Waals surface area contributed by atoms with Gasteiger partial charge in [0.05, 0.1) is 5.56 Å². The van der Waals surface area contributed by atoms with Crippen LogP contribution in [0.1, 0.15) is 10.4 Å². The zero-order chi connectivity index (χ0) is 15.4. The van der Waals surface area contributed by atoms with Crippen LogP contribution < -0.4 is 4.74 Å². The first kappa shape index (κ1) is 14.0. The molecule has 0 heterocycles. The second-order valence-corrected chi connectivity index (χ2v) is 4.76. The summed E-state index contributed by atoms with van der Waals surface area (Å²) in [7, 11) is 0. The Kier molecular flexibility index (Phi) is 3.97. The molecule has 0 saturated heterocycles. The Hall–Kier alpha value is -2.94. The van der Waals surface area contributed by atoms with Crippen LogP contribution in [0.4, 0.5) is 4.39 Å². The molecule has 0 bridgehead atoms. The van der Waals surface area contributed by atoms with Crippen LogP contribution >= 0.6 is 0 Å². The van der Waals surface area contributed by atoms with E-state index in [1.54, 1.807) is 12.1 Å². The minimum atomic E-state index is -0.581. The Bertz CT molecular complexity index is 797. The normalized spacial score (nSPS) is 10.2. The summed E-state index contributed by atoms with van der Waals surface area (Å²) in [5.74, 6) is -0.600. The van der Waals surface area contributed by atoms with Gasteiger partial charge < -0.3 is 4.74 Å². The van der Waals surface area contributed by atoms with E-state index < -0.39 is 11.8 Å². The molecule has 0 fully saturated rings. The average Bonchev–Trinajstić information content (AvgIpc) is 2.56. The zero-order valence-corrected chi connectivity index (χ0v) is 11.7. The first-order chi connectivity index (χ1) is 10.7. The van der Waals surface area contributed by atoms with Gasteiger partial charge in [-0.3, -0.25) is 0 Å². The van der Waals surface area contributed by atoms with Crippen molar-refractivity contribution in [2.75, 3.05) is 0 Å². The van der Waals surface area contributed by atoms with Crippen LogP contribution in [0.15, 0.2) is 78.9 Å². The highest BCUT2D eigenvalue weighted by Gasteiger charge is 2.12. The standard InChI is InChI=1S/C19H13FO2/c20-16-10-6-9-15(13-16)19(21)22-18-12-5-4-11-17(18)14-7-2-1-3-8-14/h1-13H. The number of hydrogen-bond donors (Lipinski definition) is 0. The number of esters is 1. The summed E-state index contributed by atoms with van der Waals surface area (Å²) in [5.41, 5.74) is 1.95. The van der Waals surface area contributed by atoms with E-state index in [4.69, 9.17) is 4.74 Å². The number of rotatable bonds is 3. The van der Waals surface area contributed by atoms with Gasteiger partial charge in [0.25, 0.3) is 0 Å². The van der Waals surface area contributed by atoms with Crippen LogP contribution in [0.25, 0.3) is 11.1 Å². The fourth-order valence-electron chi connectivity index (χ4n) is 2.19. The van der Waals surface area contributed by atoms with Crippen molar-refractivity contribution in [1.82, 2.24) is 0 Å². The summed E-state index contributed by atoms with van der Waals surface area (Å²) in [6.07, 6.45) is 0. The molecule has 0 atom stereocenters. The Balaban J connectivity index is 1.92. The minimum Gasteiger partial charge on any atom is -0.422 e. The highest BCUT2D eigenvalue weighted by molar-refractivity contribution is 5.92. The summed E-state index contributed by atoms with van der Waals surface area (Å²) in [5, 5.41) is 0. The van der Waals surface area contributed by atoms with E-state index in [0.717, 1.165) is 17.2 Å². The van der Waals surface area contributed by atoms with Gasteiger partial charge in [0, 0.05) is 5.56 Å². The van der Waals surface area contributed by atoms with Crippen molar-refractivity contribution in [3.05, 3.63) is 90.2 Å². The molecule has 0 aliphatic heterocycles. The molecule has 3 heteroatoms. The predicted octanol–water partition coefficient (Wildman–Crippen LogP) is 4.71. The maximum atomic E-state index is 13.2. The van der Waals surface area contributed by atoms with Crippen LogP contribution in [0.3, 0.4) is 0 Å². The largest absolute Gasteiger partial charge is 0.422 e. The molecule has 0 N–H and O–H groups in total. The number of ether oxygens (including phenoxy) is 1. The molecule has 108 valence electrons. The van der Waals surface area contributed by atoms with Crippen molar-refractivity contribution in [2.45, 2.75) is 0 Å². The summed E-state index contributed by atoms with van der Waals surface area (Å²) in [6, 6.07) is 22.4. The molecule has 22 heavy (non-hydrogen) atoms. The van der Waals surface area contributed by atoms with E-state index >= 15 is 0 Å². The van der Waals surface area contributed by atoms with Crippen molar-refractivity contribution >= 4 is 5.97 Å². The quantitative estimate of drug-likeness (QED) is 0.516. The first-order valence-electron chi connectivity index (χ1n) is 6.86. The molecule has 0 radical (unpaired) electrons. The number of carbonyl (C=O) groups is 1. The minimum absolute atomic E-state index is 0.183. The monoisotopic (exact) mass is 292 g/mol. The molecule has 0 aliphatic carbocycles. The third-order valence-electron chi connectivity index (χ3n) is 3.23. The molecule has 0 unspecified atom stereocenters. The second kappa shape index (κ2) is 6.22. The predicted molar refractivity (Wildman–Crippen MR) is 83.2 cm³/mol. The SMILES string of the molecule is O=C(Oc1ccccc1-c1ccccc1)c1cccc(F)c1. The van der Waals surface area contributed by atoms with E-state index in [-0.39, 0.29) is 5.56 Å². The van der Waals surface area contributed by atoms with Crippen LogP contribution in [-0.4, -0.2) is 5.97 Å². The maximum Gasteiger partial charge on any atom is 0.343 e. The van der Waals surface area contributed by atoms with Crippen molar-refractivity contribution in [1.29, 1.82) is 0 Å². The fraction of sp³-hybridized carbons (Fsp3) is 0. The van der Waals surface area contributed by atoms with Crippen molar-refractivity contribution in [2.24, 2.45) is 0 Å². The number of benzene rings is 3. The molecule has 0 aromatic heterocycles. The lowest BCUT2D eigenvalue weighted by Gasteiger charge is -2.10. The Morgan fingerprint density at radius 1 is 0.818 bits per heavy atom. The van der Waals surface area contributed by atoms with Gasteiger partial charge in [-0.15, -0.1) is 0 Å². The molecule has 0 aliphatic rings. The van der Waals surface area contributed by atoms with Gasteiger partial charge in [-0.2, -0.15) is 0 Å². The lowest BCUT2D eigenvalue weighted by Crippen LogP contribution is -2.09. The fourth-order valence-corrected chi connectivity index (χ4v) is 2.19. The molecule has 3 rings (SSSR count). The zero-order valence-electron chi connectivity index (χ0n) is 11.7. The van der Waals surface area contributed by atoms with E-state index in [1.807, 2.05) is 42.5 Å².